The molecule has 0 aromatic carbocycles. The second-order valence-electron chi connectivity index (χ2n) is 3.77. The Kier molecular flexibility index (Phi) is 5.29. The lowest BCUT2D eigenvalue weighted by Gasteiger charge is -2.37. The third-order valence-electron chi connectivity index (χ3n) is 2.28. The first-order chi connectivity index (χ1) is 7.60. The molecule has 0 spiro atoms. The van der Waals surface area contributed by atoms with Gasteiger partial charge >= 0.3 is 12.0 Å². The Morgan fingerprint density at radius 2 is 1.35 bits per heavy atom. The van der Waals surface area contributed by atoms with E-state index < -0.39 is 48.8 Å². The number of rotatable bonds is 1. The molecular weight excluding hydrogens is 236 g/mol. The van der Waals surface area contributed by atoms with Crippen molar-refractivity contribution < 1.29 is 35.1 Å². The minimum absolute atomic E-state index is 0.472. The molecule has 0 radical (unpaired) electrons. The van der Waals surface area contributed by atoms with Crippen molar-refractivity contribution in [3.8, 4) is 0 Å². The van der Waals surface area contributed by atoms with Gasteiger partial charge in [-0.15, -0.1) is 0 Å². The van der Waals surface area contributed by atoms with Gasteiger partial charge in [0.25, 0.3) is 0 Å². The molecule has 1 saturated carbocycles. The molecule has 2 atom stereocenters. The van der Waals surface area contributed by atoms with Gasteiger partial charge in [-0.2, -0.15) is 0 Å². The quantitative estimate of drug-likeness (QED) is 0.254. The van der Waals surface area contributed by atoms with Crippen LogP contribution in [0.25, 0.3) is 0 Å². The average Bonchev–Trinajstić information content (AvgIpc) is 2.13. The zero-order valence-corrected chi connectivity index (χ0v) is 8.85. The van der Waals surface area contributed by atoms with Crippen LogP contribution in [0, 0.1) is 0 Å². The maximum absolute atomic E-state index is 10.5. The van der Waals surface area contributed by atoms with E-state index in [9.17, 15) is 9.90 Å². The smallest absolute Gasteiger partial charge is 0.335 e. The van der Waals surface area contributed by atoms with Gasteiger partial charge in [-0.25, -0.2) is 9.59 Å². The SMILES string of the molecule is NC(N)=O.O=C(O)C1(O)C[C@@H](O)C(O)[C@H](O)C1. The third kappa shape index (κ3) is 4.53. The molecule has 0 aromatic heterocycles. The summed E-state index contributed by atoms with van der Waals surface area (Å²) < 4.78 is 0. The van der Waals surface area contributed by atoms with Crippen LogP contribution in [0.15, 0.2) is 0 Å². The normalized spacial score (nSPS) is 36.6. The van der Waals surface area contributed by atoms with Crippen molar-refractivity contribution in [1.82, 2.24) is 0 Å². The summed E-state index contributed by atoms with van der Waals surface area (Å²) >= 11 is 0. The fourth-order valence-electron chi connectivity index (χ4n) is 1.45. The number of urea groups is 1. The third-order valence-corrected chi connectivity index (χ3v) is 2.28. The molecule has 9 heteroatoms. The van der Waals surface area contributed by atoms with E-state index in [2.05, 4.69) is 11.5 Å². The maximum atomic E-state index is 10.5. The second-order valence-corrected chi connectivity index (χ2v) is 3.77. The van der Waals surface area contributed by atoms with Crippen LogP contribution in [-0.4, -0.2) is 61.4 Å². The summed E-state index contributed by atoms with van der Waals surface area (Å²) in [6.45, 7) is 0. The van der Waals surface area contributed by atoms with Crippen LogP contribution in [-0.2, 0) is 4.79 Å². The Labute approximate surface area is 96.3 Å². The van der Waals surface area contributed by atoms with Gasteiger partial charge in [0, 0.05) is 12.8 Å². The van der Waals surface area contributed by atoms with Crippen molar-refractivity contribution in [2.45, 2.75) is 36.8 Å². The van der Waals surface area contributed by atoms with E-state index in [1.54, 1.807) is 0 Å². The van der Waals surface area contributed by atoms with Crippen molar-refractivity contribution in [2.75, 3.05) is 0 Å². The van der Waals surface area contributed by atoms with Gasteiger partial charge in [-0.05, 0) is 0 Å². The van der Waals surface area contributed by atoms with Crippen molar-refractivity contribution in [3.63, 3.8) is 0 Å². The minimum atomic E-state index is -2.14. The zero-order valence-electron chi connectivity index (χ0n) is 8.85. The standard InChI is InChI=1S/C7H12O6.CH4N2O/c8-3-1-7(13,6(11)12)2-4(9)5(3)10;2-1(3)4/h3-5,8-10,13H,1-2H2,(H,11,12);(H4,2,3,4)/t3-,4-,5?,7?;/m1./s1. The Hall–Kier alpha value is -1.42. The lowest BCUT2D eigenvalue weighted by Crippen LogP contribution is -2.56. The van der Waals surface area contributed by atoms with Crippen LogP contribution in [0.3, 0.4) is 0 Å². The molecule has 0 bridgehead atoms. The van der Waals surface area contributed by atoms with E-state index in [0.717, 1.165) is 0 Å². The molecule has 9 nitrogen and oxygen atoms in total. The number of nitrogens with two attached hydrogens (primary N) is 2. The van der Waals surface area contributed by atoms with Crippen LogP contribution in [0.4, 0.5) is 4.79 Å². The number of primary amides is 2. The van der Waals surface area contributed by atoms with Crippen molar-refractivity contribution in [1.29, 1.82) is 0 Å². The Morgan fingerprint density at radius 3 is 1.59 bits per heavy atom. The lowest BCUT2D eigenvalue weighted by atomic mass is 9.80. The molecule has 1 aliphatic carbocycles. The zero-order chi connectivity index (χ0) is 13.8. The number of aliphatic hydroxyl groups is 4. The number of hydrogen-bond donors (Lipinski definition) is 7. The number of carbonyl (C=O) groups excluding carboxylic acids is 1. The molecular formula is C8H16N2O7. The van der Waals surface area contributed by atoms with Gasteiger partial charge in [0.05, 0.1) is 12.2 Å². The first kappa shape index (κ1) is 15.6. The molecule has 0 heterocycles. The van der Waals surface area contributed by atoms with Crippen molar-refractivity contribution >= 4 is 12.0 Å². The summed E-state index contributed by atoms with van der Waals surface area (Å²) in [6, 6.07) is -0.833. The summed E-state index contributed by atoms with van der Waals surface area (Å²) in [4.78, 5) is 19.5. The number of hydrogen-bond acceptors (Lipinski definition) is 6. The van der Waals surface area contributed by atoms with E-state index in [-0.39, 0.29) is 0 Å². The highest BCUT2D eigenvalue weighted by Gasteiger charge is 2.48. The minimum Gasteiger partial charge on any atom is -0.479 e. The fourth-order valence-corrected chi connectivity index (χ4v) is 1.45. The monoisotopic (exact) mass is 252 g/mol. The highest BCUT2D eigenvalue weighted by molar-refractivity contribution is 5.77. The molecule has 1 rings (SSSR count). The van der Waals surface area contributed by atoms with Crippen LogP contribution in [0.1, 0.15) is 12.8 Å². The van der Waals surface area contributed by atoms with E-state index in [4.69, 9.17) is 25.2 Å². The van der Waals surface area contributed by atoms with E-state index in [1.165, 1.54) is 0 Å². The number of aliphatic hydroxyl groups excluding tert-OH is 3. The Balaban J connectivity index is 0.000000557. The summed E-state index contributed by atoms with van der Waals surface area (Å²) in [5.41, 5.74) is 6.36. The first-order valence-electron chi connectivity index (χ1n) is 4.65. The highest BCUT2D eigenvalue weighted by atomic mass is 16.4. The van der Waals surface area contributed by atoms with Crippen LogP contribution in [0.5, 0.6) is 0 Å². The topological polar surface area (TPSA) is 187 Å². The number of aliphatic carboxylic acids is 1. The van der Waals surface area contributed by atoms with Gasteiger partial charge < -0.3 is 37.0 Å². The van der Waals surface area contributed by atoms with Gasteiger partial charge in [0.15, 0.2) is 5.60 Å². The van der Waals surface area contributed by atoms with E-state index in [0.29, 0.717) is 0 Å². The molecule has 17 heavy (non-hydrogen) atoms. The fraction of sp³-hybridized carbons (Fsp3) is 0.750. The predicted octanol–water partition coefficient (Wildman–Crippen LogP) is -3.30. The van der Waals surface area contributed by atoms with Crippen LogP contribution < -0.4 is 11.5 Å². The molecule has 2 amide bonds. The number of carboxylic acid groups (broad SMARTS) is 1. The van der Waals surface area contributed by atoms with Crippen LogP contribution in [0.2, 0.25) is 0 Å². The second kappa shape index (κ2) is 5.77. The highest BCUT2D eigenvalue weighted by Crippen LogP contribution is 2.29. The summed E-state index contributed by atoms with van der Waals surface area (Å²) in [5.74, 6) is -1.50. The van der Waals surface area contributed by atoms with Crippen molar-refractivity contribution in [2.24, 2.45) is 11.5 Å². The van der Waals surface area contributed by atoms with Gasteiger partial charge in [-0.1, -0.05) is 0 Å². The Morgan fingerprint density at radius 1 is 1.06 bits per heavy atom. The van der Waals surface area contributed by atoms with Gasteiger partial charge in [-0.3, -0.25) is 0 Å². The molecule has 0 aromatic rings. The maximum Gasteiger partial charge on any atom is 0.335 e. The number of amides is 2. The molecule has 100 valence electrons. The number of carboxylic acids is 1. The Bertz CT molecular complexity index is 280. The lowest BCUT2D eigenvalue weighted by molar-refractivity contribution is -0.187. The first-order valence-corrected chi connectivity index (χ1v) is 4.65. The molecule has 0 aliphatic heterocycles. The predicted molar refractivity (Wildman–Crippen MR) is 53.6 cm³/mol. The average molecular weight is 252 g/mol. The number of carbonyl (C=O) groups is 2. The van der Waals surface area contributed by atoms with Crippen molar-refractivity contribution in [3.05, 3.63) is 0 Å². The largest absolute Gasteiger partial charge is 0.479 e. The molecule has 0 unspecified atom stereocenters. The van der Waals surface area contributed by atoms with Gasteiger partial charge in [0.2, 0.25) is 0 Å². The van der Waals surface area contributed by atoms with E-state index >= 15 is 0 Å². The molecule has 9 N–H and O–H groups in total. The van der Waals surface area contributed by atoms with E-state index in [1.807, 2.05) is 0 Å². The molecule has 1 fully saturated rings. The van der Waals surface area contributed by atoms with Crippen LogP contribution >= 0.6 is 0 Å². The van der Waals surface area contributed by atoms with Gasteiger partial charge in [0.1, 0.15) is 6.10 Å². The molecule has 0 saturated heterocycles. The molecule has 1 aliphatic rings. The summed E-state index contributed by atoms with van der Waals surface area (Å²) in [6.07, 6.45) is -5.16. The summed E-state index contributed by atoms with van der Waals surface area (Å²) in [7, 11) is 0. The summed E-state index contributed by atoms with van der Waals surface area (Å²) in [5, 5.41) is 45.2.